The Balaban J connectivity index is 0.000000256. The number of carbonyl (C=O) groups is 5. The Labute approximate surface area is 846 Å². The lowest BCUT2D eigenvalue weighted by Gasteiger charge is -2.19. The summed E-state index contributed by atoms with van der Waals surface area (Å²) in [6.45, 7) is 12.2. The molecule has 147 heavy (non-hydrogen) atoms. The number of ether oxygens (including phenoxy) is 9. The van der Waals surface area contributed by atoms with Gasteiger partial charge in [0.05, 0.1) is 114 Å². The average Bonchev–Trinajstić information content (AvgIpc) is 1.59. The van der Waals surface area contributed by atoms with Crippen molar-refractivity contribution >= 4 is 137 Å². The summed E-state index contributed by atoms with van der Waals surface area (Å²) in [6, 6.07) is 0. The number of aliphatic hydroxyl groups excluding tert-OH is 12. The first-order chi connectivity index (χ1) is 69.2. The predicted molar refractivity (Wildman–Crippen MR) is 523 cm³/mol. The second-order valence-corrected chi connectivity index (χ2v) is 37.5. The van der Waals surface area contributed by atoms with Gasteiger partial charge in [0.25, 0.3) is 29.5 Å². The Hall–Kier alpha value is -10.9. The van der Waals surface area contributed by atoms with E-state index >= 15 is 0 Å². The Morgan fingerprint density at radius 3 is 0.912 bits per heavy atom. The minimum atomic E-state index is -4.46. The maximum Gasteiger partial charge on any atom is 0.356 e. The van der Waals surface area contributed by atoms with Gasteiger partial charge in [-0.05, 0) is 54.4 Å². The van der Waals surface area contributed by atoms with Crippen molar-refractivity contribution in [1.29, 1.82) is 0 Å². The molecule has 5 saturated heterocycles. The van der Waals surface area contributed by atoms with Crippen LogP contribution in [-0.2, 0) is 82.7 Å². The molecular formula is C84H134N25O35P3. The van der Waals surface area contributed by atoms with Gasteiger partial charge < -0.3 is 212 Å². The summed E-state index contributed by atoms with van der Waals surface area (Å²) >= 11 is 0. The van der Waals surface area contributed by atoms with Crippen LogP contribution in [0.4, 0.5) is 29.1 Å². The molecule has 5 fully saturated rings. The number of rotatable bonds is 37. The highest BCUT2D eigenvalue weighted by molar-refractivity contribution is 7.53. The molecule has 21 atom stereocenters. The molecule has 0 bridgehead atoms. The standard InChI is InChI=1S/C19H30N5O9P.C18H28N5O8P.C15H21N5O5.C14H20N5O8P.C14H19N5O5.4CH4/c1-3-30-5-4-6-32-34(28,29)9-31-8-12-14(25)15(26)19(33-12)24-7-11(17(21)27)13-16(20)22-10(2)23-18(13)24;1-4-29-32(27,30-5-2)8-28-7-11-13(24)14(25)18(31-11)23-6-10(16(20)26)12-15(19)21-9(3)22-17(12)23;1-2-3-8-18-12(16)9-6(13(17)24)4-20(14(9)19-8)15-11(23)10(22)7(5-21)25-15;1-5-17-11(15)8-6(12(16)22)2-19(13(8)18-5)14-10(21)9(20)7(27-14)3-26-4-28(23,24)25;1-2-7-17-11(15)8-5(12(16)23)3-19(13(8)18-7)14-10(22)9(21)6(4-20)24-14;;;;/h7,12,14-15,19,25-26H,3-6,8-9H2,1-2H3,(H2,21,27)(H,28,29)(H2,20,22,23);6,11,13-14,18,24-25H,4-5,7-8H2,1-3H3,(H2,20,26)(H2,19,21,22);4,7,10-11,15,21-23H,2-3,5H2,1H3,(H2,17,24)(H2,16,18,19);2,7,9-10,14,20-21H,3-4H2,1H3,(H2,16,22)(H2,15,17,18)(H2,23,24,25);3,6,9-10,14,20-22H,2,4H2,1H3,(H2,16,23)(H2,15,17,18);4*1H4/i19D;18D;15D;2*14D;;;;. The van der Waals surface area contributed by atoms with Crippen LogP contribution in [0.15, 0.2) is 31.0 Å². The molecule has 0 saturated carbocycles. The highest BCUT2D eigenvalue weighted by Gasteiger charge is 2.51. The molecule has 820 valence electrons. The third-order valence-corrected chi connectivity index (χ3v) is 25.2. The first-order valence-corrected chi connectivity index (χ1v) is 48.9. The lowest BCUT2D eigenvalue weighted by atomic mass is 10.1. The number of aryl methyl sites for hydroxylation is 5. The summed E-state index contributed by atoms with van der Waals surface area (Å²) in [4.78, 5) is 128. The summed E-state index contributed by atoms with van der Waals surface area (Å²) in [5.41, 5.74) is 56.4. The van der Waals surface area contributed by atoms with Crippen molar-refractivity contribution in [3.8, 4) is 0 Å². The number of primary amides is 5. The van der Waals surface area contributed by atoms with E-state index in [1.54, 1.807) is 27.7 Å². The number of nitrogens with two attached hydrogens (primary N) is 10. The summed E-state index contributed by atoms with van der Waals surface area (Å²) in [5.74, 6) is -2.96. The molecule has 63 heteroatoms. The number of carbonyl (C=O) groups excluding carboxylic acids is 5. The number of nitrogens with zero attached hydrogens (tertiary/aromatic N) is 15. The fraction of sp³-hybridized carbons (Fsp3) is 0.583. The lowest BCUT2D eigenvalue weighted by Crippen LogP contribution is -2.34. The molecule has 10 aromatic heterocycles. The predicted octanol–water partition coefficient (Wildman–Crippen LogP) is -2.38. The molecular weight excluding hydrogens is 2010 g/mol. The zero-order valence-electron chi connectivity index (χ0n) is 82.8. The van der Waals surface area contributed by atoms with Gasteiger partial charge in [0.1, 0.15) is 197 Å². The van der Waals surface area contributed by atoms with Gasteiger partial charge in [-0.3, -0.25) is 37.7 Å². The van der Waals surface area contributed by atoms with E-state index < -0.39 is 220 Å². The van der Waals surface area contributed by atoms with Crippen LogP contribution in [0.1, 0.15) is 196 Å². The molecule has 0 aromatic carbocycles. The van der Waals surface area contributed by atoms with Gasteiger partial charge in [-0.25, -0.2) is 49.8 Å². The maximum absolute atomic E-state index is 12.5. The van der Waals surface area contributed by atoms with Crippen LogP contribution in [0.2, 0.25) is 0 Å². The minimum absolute atomic E-state index is 0. The quantitative estimate of drug-likeness (QED) is 0.0143. The smallest absolute Gasteiger partial charge is 0.356 e. The van der Waals surface area contributed by atoms with Crippen molar-refractivity contribution in [1.82, 2.24) is 72.7 Å². The van der Waals surface area contributed by atoms with Crippen molar-refractivity contribution in [2.75, 3.05) is 114 Å². The Bertz CT molecular complexity index is 6710. The van der Waals surface area contributed by atoms with E-state index in [9.17, 15) is 104 Å². The van der Waals surface area contributed by atoms with E-state index in [1.807, 2.05) is 13.8 Å². The van der Waals surface area contributed by atoms with Crippen LogP contribution in [0, 0.1) is 20.8 Å². The number of anilines is 5. The molecule has 15 heterocycles. The third-order valence-electron chi connectivity index (χ3n) is 21.8. The number of nitrogen functional groups attached to an aromatic ring is 5. The highest BCUT2D eigenvalue weighted by Crippen LogP contribution is 2.49. The van der Waals surface area contributed by atoms with Gasteiger partial charge >= 0.3 is 22.8 Å². The molecule has 5 aliphatic rings. The van der Waals surface area contributed by atoms with Crippen LogP contribution in [0.25, 0.3) is 55.2 Å². The number of fused-ring (bicyclic) bond motifs is 5. The number of hydrogen-bond donors (Lipinski definition) is 25. The van der Waals surface area contributed by atoms with Gasteiger partial charge in [0.15, 0.2) is 31.0 Å². The Morgan fingerprint density at radius 2 is 0.639 bits per heavy atom. The second kappa shape index (κ2) is 52.0. The lowest BCUT2D eigenvalue weighted by molar-refractivity contribution is -0.0616. The fourth-order valence-electron chi connectivity index (χ4n) is 15.3. The van der Waals surface area contributed by atoms with Gasteiger partial charge in [-0.15, -0.1) is 0 Å². The van der Waals surface area contributed by atoms with Crippen molar-refractivity contribution in [3.05, 3.63) is 87.9 Å². The number of aromatic nitrogens is 15. The molecule has 60 nitrogen and oxygen atoms in total. The van der Waals surface area contributed by atoms with Gasteiger partial charge in [0.2, 0.25) is 0 Å². The molecule has 15 rings (SSSR count). The Morgan fingerprint density at radius 1 is 0.367 bits per heavy atom. The van der Waals surface area contributed by atoms with E-state index in [1.165, 1.54) is 32.4 Å². The minimum Gasteiger partial charge on any atom is -0.394 e. The van der Waals surface area contributed by atoms with Gasteiger partial charge in [0, 0.05) is 57.0 Å². The first kappa shape index (κ1) is 115. The maximum atomic E-state index is 12.5. The SMILES string of the molecule is C.C.C.C.[2H]C1(n2cc(C(N)=O)c3c(N)nc(C)nc32)OC(COCP(=O)(O)O)C(O)C1O.[2H]C1(n2cc(C(N)=O)c3c(N)nc(C)nc32)OC(COCP(=O)(O)OCCCOCC)C(O)C1O.[2H]C1(n2cc(C(N)=O)c3c(N)nc(C)nc32)OC(COCP(=O)(OCC)OCC)C(O)C1O.[2H]C1(n2cc(C(N)=O)c3c(N)nc(CC)nc32)OC(CO)C(O)C1O.[2H]C1(n2cc(C(N)=O)c3c(N)nc(CCC)nc32)OC(CO)C(O)C1O. The van der Waals surface area contributed by atoms with Crippen molar-refractivity contribution in [2.24, 2.45) is 28.7 Å². The number of hydrogen-bond acceptors (Lipinski definition) is 47. The van der Waals surface area contributed by atoms with Crippen LogP contribution < -0.4 is 57.3 Å². The largest absolute Gasteiger partial charge is 0.394 e. The van der Waals surface area contributed by atoms with E-state index in [2.05, 4.69) is 49.8 Å². The Kier molecular flexibility index (Phi) is 40.6. The van der Waals surface area contributed by atoms with Crippen molar-refractivity contribution in [2.45, 2.75) is 233 Å². The normalized spacial score (nSPS) is 27.6. The summed E-state index contributed by atoms with van der Waals surface area (Å²) in [5, 5.41) is 123. The third kappa shape index (κ3) is 27.5. The summed E-state index contributed by atoms with van der Waals surface area (Å²) in [6.07, 6.45) is -28.4. The average molecular weight is 2150 g/mol. The molecule has 35 N–H and O–H groups in total. The number of aliphatic hydroxyl groups is 12. The van der Waals surface area contributed by atoms with E-state index in [0.29, 0.717) is 44.1 Å². The topological polar surface area (TPSA) is 965 Å². The number of amides is 5. The molecule has 0 radical (unpaired) electrons. The summed E-state index contributed by atoms with van der Waals surface area (Å²) in [7, 11) is -12.1. The van der Waals surface area contributed by atoms with Crippen molar-refractivity contribution < 1.29 is 177 Å². The monoisotopic (exact) mass is 2150 g/mol. The van der Waals surface area contributed by atoms with Crippen molar-refractivity contribution in [3.63, 3.8) is 0 Å². The molecule has 0 aliphatic carbocycles. The highest BCUT2D eigenvalue weighted by atomic mass is 31.2. The van der Waals surface area contributed by atoms with Gasteiger partial charge in [-0.1, -0.05) is 43.6 Å². The molecule has 5 aliphatic heterocycles. The molecule has 21 unspecified atom stereocenters. The van der Waals surface area contributed by atoms with Crippen LogP contribution in [-0.4, -0.2) is 355 Å². The zero-order chi connectivity index (χ0) is 110. The van der Waals surface area contributed by atoms with E-state index in [-0.39, 0.29) is 186 Å². The zero-order valence-corrected chi connectivity index (χ0v) is 80.4. The van der Waals surface area contributed by atoms with Gasteiger partial charge in [-0.2, -0.15) is 0 Å². The molecule has 0 spiro atoms. The van der Waals surface area contributed by atoms with E-state index in [0.717, 1.165) is 41.7 Å². The van der Waals surface area contributed by atoms with E-state index in [4.69, 9.17) is 130 Å². The first-order valence-electron chi connectivity index (χ1n) is 46.1. The molecule has 10 aromatic rings. The summed E-state index contributed by atoms with van der Waals surface area (Å²) < 4.78 is 147. The van der Waals surface area contributed by atoms with Crippen LogP contribution >= 0.6 is 22.8 Å². The fourth-order valence-corrected chi connectivity index (χ4v) is 17.8. The van der Waals surface area contributed by atoms with Crippen LogP contribution in [0.3, 0.4) is 0 Å². The molecule has 5 amide bonds. The van der Waals surface area contributed by atoms with Crippen LogP contribution in [0.5, 0.6) is 0 Å². The second-order valence-electron chi connectivity index (χ2n) is 32.1.